The Bertz CT molecular complexity index is 1630. The Hall–Kier alpha value is -3.75. The second-order valence-electron chi connectivity index (χ2n) is 15.2. The van der Waals surface area contributed by atoms with Gasteiger partial charge in [-0.15, -0.1) is 11.7 Å². The minimum Gasteiger partial charge on any atom is -0.490 e. The summed E-state index contributed by atoms with van der Waals surface area (Å²) in [4.78, 5) is 6.24. The van der Waals surface area contributed by atoms with Crippen molar-refractivity contribution in [3.63, 3.8) is 0 Å². The van der Waals surface area contributed by atoms with Crippen molar-refractivity contribution < 1.29 is 43.5 Å². The highest BCUT2D eigenvalue weighted by molar-refractivity contribution is 6.02. The number of hydrogen-bond donors (Lipinski definition) is 2. The first kappa shape index (κ1) is 39.5. The molecule has 0 amide bonds. The predicted molar refractivity (Wildman–Crippen MR) is 205 cm³/mol. The lowest BCUT2D eigenvalue weighted by Crippen LogP contribution is -2.63. The van der Waals surface area contributed by atoms with Gasteiger partial charge in [0.05, 0.1) is 31.5 Å². The van der Waals surface area contributed by atoms with E-state index in [0.717, 1.165) is 86.8 Å². The SMILES string of the molecule is C=CCOc1ccc2c(c1)C1C(CCCCO)C(CCCCO)C=C3C(=NOC4CCCCO4)CC(n4nncc4OC4CCCCO4)C(OCC=C)(O2)C31. The fourth-order valence-electron chi connectivity index (χ4n) is 9.21. The van der Waals surface area contributed by atoms with Crippen molar-refractivity contribution in [3.8, 4) is 17.4 Å². The molecule has 13 nitrogen and oxygen atoms in total. The van der Waals surface area contributed by atoms with E-state index in [-0.39, 0.29) is 43.5 Å². The van der Waals surface area contributed by atoms with E-state index in [4.69, 9.17) is 38.4 Å². The summed E-state index contributed by atoms with van der Waals surface area (Å²) < 4.78 is 40.7. The number of nitrogens with zero attached hydrogens (tertiary/aromatic N) is 4. The molecule has 7 rings (SSSR count). The number of unbranched alkanes of at least 4 members (excludes halogenated alkanes) is 2. The van der Waals surface area contributed by atoms with Crippen molar-refractivity contribution in [2.75, 3.05) is 39.6 Å². The molecule has 4 heterocycles. The summed E-state index contributed by atoms with van der Waals surface area (Å²) in [7, 11) is 0. The van der Waals surface area contributed by atoms with Crippen LogP contribution in [0.4, 0.5) is 0 Å². The Kier molecular flexibility index (Phi) is 13.6. The number of rotatable bonds is 19. The lowest BCUT2D eigenvalue weighted by Gasteiger charge is -2.58. The molecular formula is C42H58N4O9. The summed E-state index contributed by atoms with van der Waals surface area (Å²) in [6.07, 6.45) is 17.4. The van der Waals surface area contributed by atoms with Crippen LogP contribution in [0.5, 0.6) is 17.4 Å². The Morgan fingerprint density at radius 3 is 2.44 bits per heavy atom. The molecule has 2 saturated heterocycles. The number of oxime groups is 1. The maximum absolute atomic E-state index is 9.91. The molecule has 1 aromatic heterocycles. The Morgan fingerprint density at radius 2 is 1.71 bits per heavy atom. The molecule has 0 spiro atoms. The summed E-state index contributed by atoms with van der Waals surface area (Å²) in [6.45, 7) is 10.0. The van der Waals surface area contributed by atoms with E-state index >= 15 is 0 Å². The minimum atomic E-state index is -1.30. The van der Waals surface area contributed by atoms with Gasteiger partial charge in [0.15, 0.2) is 0 Å². The van der Waals surface area contributed by atoms with Gasteiger partial charge in [-0.3, -0.25) is 0 Å². The monoisotopic (exact) mass is 762 g/mol. The summed E-state index contributed by atoms with van der Waals surface area (Å²) in [5, 5.41) is 33.7. The molecular weight excluding hydrogens is 704 g/mol. The van der Waals surface area contributed by atoms with E-state index in [1.165, 1.54) is 0 Å². The van der Waals surface area contributed by atoms with Crippen molar-refractivity contribution in [2.24, 2.45) is 22.9 Å². The lowest BCUT2D eigenvalue weighted by atomic mass is 9.55. The zero-order valence-electron chi connectivity index (χ0n) is 32.0. The van der Waals surface area contributed by atoms with Crippen LogP contribution in [0.25, 0.3) is 0 Å². The van der Waals surface area contributed by atoms with Gasteiger partial charge in [-0.05, 0) is 87.0 Å². The first-order valence-electron chi connectivity index (χ1n) is 20.4. The average Bonchev–Trinajstić information content (AvgIpc) is 3.67. The first-order valence-corrected chi connectivity index (χ1v) is 20.4. The van der Waals surface area contributed by atoms with Crippen molar-refractivity contribution in [1.82, 2.24) is 15.0 Å². The quantitative estimate of drug-likeness (QED) is 0.0887. The summed E-state index contributed by atoms with van der Waals surface area (Å²) in [6, 6.07) is 5.41. The molecule has 1 aromatic carbocycles. The third kappa shape index (κ3) is 8.66. The molecule has 8 atom stereocenters. The van der Waals surface area contributed by atoms with Gasteiger partial charge in [-0.2, -0.15) is 0 Å². The summed E-state index contributed by atoms with van der Waals surface area (Å²) in [5.74, 6) is 0.365. The first-order chi connectivity index (χ1) is 27.1. The van der Waals surface area contributed by atoms with E-state index in [1.54, 1.807) is 23.0 Å². The number of aliphatic hydroxyl groups is 2. The highest BCUT2D eigenvalue weighted by Gasteiger charge is 2.65. The molecule has 2 aromatic rings. The van der Waals surface area contributed by atoms with Crippen LogP contribution in [-0.4, -0.2) is 88.9 Å². The molecule has 300 valence electrons. The van der Waals surface area contributed by atoms with Crippen LogP contribution in [0, 0.1) is 17.8 Å². The van der Waals surface area contributed by atoms with Crippen molar-refractivity contribution >= 4 is 5.71 Å². The van der Waals surface area contributed by atoms with E-state index in [1.807, 2.05) is 12.1 Å². The Labute approximate surface area is 324 Å². The van der Waals surface area contributed by atoms with Crippen LogP contribution in [0.1, 0.15) is 101 Å². The molecule has 8 unspecified atom stereocenters. The predicted octanol–water partition coefficient (Wildman–Crippen LogP) is 6.78. The minimum absolute atomic E-state index is 0.118. The van der Waals surface area contributed by atoms with Gasteiger partial charge in [0, 0.05) is 44.0 Å². The standard InChI is InChI=1S/C42H58N4O9/c1-3-21-49-30-17-18-35-33(26-30)40-31(14-6-10-20-48)29(13-5-9-19-47)25-32-34(44-55-39-16-8-12-24-51-39)27-36(42(54-35,41(32)40)52-22-4-2)46-37(28-43-45-46)53-38-15-7-11-23-50-38/h3-4,17-18,25-26,28-29,31,36,38-41,47-48H,1-2,5-16,19-24,27H2. The molecule has 0 bridgehead atoms. The van der Waals surface area contributed by atoms with Gasteiger partial charge in [-0.1, -0.05) is 48.0 Å². The molecule has 5 aliphatic rings. The molecule has 3 fully saturated rings. The third-order valence-electron chi connectivity index (χ3n) is 11.7. The average molecular weight is 763 g/mol. The molecule has 2 aliphatic carbocycles. The summed E-state index contributed by atoms with van der Waals surface area (Å²) in [5.41, 5.74) is 2.81. The van der Waals surface area contributed by atoms with Crippen molar-refractivity contribution in [2.45, 2.75) is 114 Å². The van der Waals surface area contributed by atoms with Gasteiger partial charge < -0.3 is 43.5 Å². The smallest absolute Gasteiger partial charge is 0.241 e. The molecule has 1 saturated carbocycles. The van der Waals surface area contributed by atoms with Crippen LogP contribution in [0.2, 0.25) is 0 Å². The fourth-order valence-corrected chi connectivity index (χ4v) is 9.21. The van der Waals surface area contributed by atoms with Gasteiger partial charge >= 0.3 is 0 Å². The van der Waals surface area contributed by atoms with Gasteiger partial charge in [0.2, 0.25) is 24.2 Å². The van der Waals surface area contributed by atoms with Crippen LogP contribution in [0.15, 0.2) is 66.5 Å². The molecule has 2 N–H and O–H groups in total. The molecule has 0 radical (unpaired) electrons. The van der Waals surface area contributed by atoms with Gasteiger partial charge in [0.25, 0.3) is 0 Å². The number of aromatic nitrogens is 3. The molecule has 3 aliphatic heterocycles. The van der Waals surface area contributed by atoms with E-state index in [2.05, 4.69) is 35.6 Å². The van der Waals surface area contributed by atoms with Crippen LogP contribution >= 0.6 is 0 Å². The fraction of sp³-hybridized carbons (Fsp3) is 0.643. The van der Waals surface area contributed by atoms with E-state index < -0.39 is 24.4 Å². The topological polar surface area (TPSA) is 148 Å². The number of ether oxygens (including phenoxy) is 6. The van der Waals surface area contributed by atoms with Crippen molar-refractivity contribution in [3.05, 3.63) is 66.9 Å². The van der Waals surface area contributed by atoms with Crippen LogP contribution in [0.3, 0.4) is 0 Å². The largest absolute Gasteiger partial charge is 0.490 e. The molecule has 13 heteroatoms. The lowest BCUT2D eigenvalue weighted by molar-refractivity contribution is -0.253. The number of fused-ring (bicyclic) bond motifs is 2. The van der Waals surface area contributed by atoms with E-state index in [9.17, 15) is 10.2 Å². The number of benzene rings is 1. The zero-order chi connectivity index (χ0) is 38.0. The second kappa shape index (κ2) is 18.9. The normalized spacial score (nSPS) is 30.7. The third-order valence-corrected chi connectivity index (χ3v) is 11.7. The second-order valence-corrected chi connectivity index (χ2v) is 15.2. The zero-order valence-corrected chi connectivity index (χ0v) is 32.0. The van der Waals surface area contributed by atoms with Gasteiger partial charge in [0.1, 0.15) is 30.3 Å². The van der Waals surface area contributed by atoms with Crippen molar-refractivity contribution in [1.29, 1.82) is 0 Å². The van der Waals surface area contributed by atoms with Crippen LogP contribution in [-0.2, 0) is 19.0 Å². The maximum Gasteiger partial charge on any atom is 0.241 e. The van der Waals surface area contributed by atoms with Gasteiger partial charge in [-0.25, -0.2) is 4.68 Å². The Balaban J connectivity index is 1.41. The highest BCUT2D eigenvalue weighted by Crippen LogP contribution is 2.63. The Morgan fingerprint density at radius 1 is 0.945 bits per heavy atom. The maximum atomic E-state index is 9.91. The summed E-state index contributed by atoms with van der Waals surface area (Å²) >= 11 is 0. The van der Waals surface area contributed by atoms with E-state index in [0.29, 0.717) is 50.7 Å². The molecule has 55 heavy (non-hydrogen) atoms. The number of allylic oxidation sites excluding steroid dienone is 1. The van der Waals surface area contributed by atoms with Crippen LogP contribution < -0.4 is 14.2 Å². The number of aliphatic hydroxyl groups excluding tert-OH is 2. The number of hydrogen-bond acceptors (Lipinski definition) is 12. The highest BCUT2D eigenvalue weighted by atomic mass is 16.8.